The summed E-state index contributed by atoms with van der Waals surface area (Å²) in [7, 11) is 0. The number of amides is 1. The van der Waals surface area contributed by atoms with Crippen LogP contribution in [0.3, 0.4) is 0 Å². The monoisotopic (exact) mass is 341 g/mol. The molecule has 2 aromatic carbocycles. The number of nitrogens with zero attached hydrogens (tertiary/aromatic N) is 1. The molecule has 0 unspecified atom stereocenters. The summed E-state index contributed by atoms with van der Waals surface area (Å²) in [5.74, 6) is 1.15. The van der Waals surface area contributed by atoms with Gasteiger partial charge in [0.15, 0.2) is 23.9 Å². The molecular weight excluding hydrogens is 322 g/mol. The van der Waals surface area contributed by atoms with Crippen LogP contribution in [0.4, 0.5) is 5.69 Å². The average molecular weight is 341 g/mol. The number of hydrogen-bond acceptors (Lipinski definition) is 5. The van der Waals surface area contributed by atoms with Crippen molar-refractivity contribution in [1.29, 1.82) is 0 Å². The fourth-order valence-corrected chi connectivity index (χ4v) is 2.26. The first-order valence-corrected chi connectivity index (χ1v) is 7.93. The Morgan fingerprint density at radius 1 is 1.12 bits per heavy atom. The van der Waals surface area contributed by atoms with Crippen LogP contribution in [-0.2, 0) is 9.63 Å². The van der Waals surface area contributed by atoms with Crippen LogP contribution in [0.5, 0.6) is 11.5 Å². The fourth-order valence-electron chi connectivity index (χ4n) is 2.26. The zero-order chi connectivity index (χ0) is 17.5. The van der Waals surface area contributed by atoms with Gasteiger partial charge in [-0.15, -0.1) is 0 Å². The minimum absolute atomic E-state index is 0.212. The van der Waals surface area contributed by atoms with Crippen molar-refractivity contribution in [1.82, 2.24) is 0 Å². The minimum atomic E-state index is -0.348. The highest BCUT2D eigenvalue weighted by Gasteiger charge is 2.12. The van der Waals surface area contributed by atoms with Gasteiger partial charge >= 0.3 is 0 Å². The normalized spacial score (nSPS) is 13.7. The number of hydrogen-bond donors (Lipinski definition) is 2. The number of anilines is 1. The van der Waals surface area contributed by atoms with E-state index in [1.54, 1.807) is 30.3 Å². The van der Waals surface area contributed by atoms with Gasteiger partial charge in [-0.25, -0.2) is 0 Å². The van der Waals surface area contributed by atoms with Crippen LogP contribution >= 0.6 is 0 Å². The first-order chi connectivity index (χ1) is 12.2. The molecule has 0 spiro atoms. The van der Waals surface area contributed by atoms with Gasteiger partial charge in [0.2, 0.25) is 0 Å². The summed E-state index contributed by atoms with van der Waals surface area (Å²) in [5.41, 5.74) is 7.11. The van der Waals surface area contributed by atoms with E-state index in [0.717, 1.165) is 12.0 Å². The summed E-state index contributed by atoms with van der Waals surface area (Å²) in [6, 6.07) is 14.4. The molecule has 130 valence electrons. The second-order valence-electron chi connectivity index (χ2n) is 5.38. The molecule has 1 aliphatic rings. The van der Waals surface area contributed by atoms with Gasteiger partial charge in [0, 0.05) is 23.7 Å². The summed E-state index contributed by atoms with van der Waals surface area (Å²) in [5, 5.41) is 6.46. The van der Waals surface area contributed by atoms with Crippen LogP contribution in [0.15, 0.2) is 53.7 Å². The van der Waals surface area contributed by atoms with E-state index in [9.17, 15) is 4.79 Å². The van der Waals surface area contributed by atoms with E-state index in [2.05, 4.69) is 10.5 Å². The largest absolute Gasteiger partial charge is 0.490 e. The third-order valence-electron chi connectivity index (χ3n) is 3.46. The van der Waals surface area contributed by atoms with E-state index in [-0.39, 0.29) is 18.3 Å². The van der Waals surface area contributed by atoms with Crippen molar-refractivity contribution in [2.75, 3.05) is 25.1 Å². The summed E-state index contributed by atoms with van der Waals surface area (Å²) < 4.78 is 11.1. The first-order valence-electron chi connectivity index (χ1n) is 7.93. The molecule has 7 heteroatoms. The van der Waals surface area contributed by atoms with Crippen LogP contribution in [0.1, 0.15) is 12.0 Å². The number of ether oxygens (including phenoxy) is 2. The Morgan fingerprint density at radius 2 is 1.88 bits per heavy atom. The van der Waals surface area contributed by atoms with Gasteiger partial charge in [0.1, 0.15) is 0 Å². The predicted molar refractivity (Wildman–Crippen MR) is 93.8 cm³/mol. The highest BCUT2D eigenvalue weighted by atomic mass is 16.6. The van der Waals surface area contributed by atoms with E-state index in [4.69, 9.17) is 20.0 Å². The number of nitrogens with two attached hydrogens (primary N) is 1. The van der Waals surface area contributed by atoms with Gasteiger partial charge in [-0.05, 0) is 12.1 Å². The van der Waals surface area contributed by atoms with Gasteiger partial charge in [0.05, 0.1) is 13.2 Å². The quantitative estimate of drug-likeness (QED) is 0.493. The number of carbonyl (C=O) groups is 1. The fraction of sp³-hybridized carbons (Fsp3) is 0.222. The summed E-state index contributed by atoms with van der Waals surface area (Å²) in [4.78, 5) is 17.0. The smallest absolute Gasteiger partial charge is 0.265 e. The van der Waals surface area contributed by atoms with Crippen molar-refractivity contribution in [3.05, 3.63) is 54.1 Å². The van der Waals surface area contributed by atoms with E-state index in [1.807, 2.05) is 18.2 Å². The van der Waals surface area contributed by atoms with Crippen LogP contribution in [0, 0.1) is 0 Å². The van der Waals surface area contributed by atoms with E-state index < -0.39 is 0 Å². The highest BCUT2D eigenvalue weighted by molar-refractivity contribution is 5.97. The summed E-state index contributed by atoms with van der Waals surface area (Å²) in [6.45, 7) is 0.955. The number of oxime groups is 1. The van der Waals surface area contributed by atoms with Gasteiger partial charge in [-0.3, -0.25) is 4.79 Å². The van der Waals surface area contributed by atoms with Crippen LogP contribution < -0.4 is 20.5 Å². The maximum atomic E-state index is 11.9. The predicted octanol–water partition coefficient (Wildman–Crippen LogP) is 2.12. The van der Waals surface area contributed by atoms with Crippen molar-refractivity contribution in [2.24, 2.45) is 10.9 Å². The molecule has 0 aliphatic carbocycles. The number of carbonyl (C=O) groups excluding carboxylic acids is 1. The molecule has 25 heavy (non-hydrogen) atoms. The maximum Gasteiger partial charge on any atom is 0.265 e. The molecule has 3 rings (SSSR count). The molecule has 0 saturated carbocycles. The minimum Gasteiger partial charge on any atom is -0.490 e. The number of rotatable bonds is 5. The summed E-state index contributed by atoms with van der Waals surface area (Å²) >= 11 is 0. The Morgan fingerprint density at radius 3 is 2.68 bits per heavy atom. The second kappa shape index (κ2) is 8.05. The Balaban J connectivity index is 1.53. The molecule has 3 N–H and O–H groups in total. The molecule has 0 fully saturated rings. The lowest BCUT2D eigenvalue weighted by atomic mass is 10.2. The number of benzene rings is 2. The number of fused-ring (bicyclic) bond motifs is 1. The highest BCUT2D eigenvalue weighted by Crippen LogP contribution is 2.32. The first kappa shape index (κ1) is 16.6. The SMILES string of the molecule is NC(=NOCC(=O)Nc1ccc2c(c1)OCCCO2)c1ccccc1. The van der Waals surface area contributed by atoms with E-state index >= 15 is 0 Å². The molecule has 0 atom stereocenters. The Bertz CT molecular complexity index is 762. The van der Waals surface area contributed by atoms with Gasteiger partial charge in [0.25, 0.3) is 5.91 Å². The molecular formula is C18H19N3O4. The second-order valence-corrected chi connectivity index (χ2v) is 5.38. The molecule has 0 aromatic heterocycles. The Kier molecular flexibility index (Phi) is 5.36. The number of amidine groups is 1. The summed E-state index contributed by atoms with van der Waals surface area (Å²) in [6.07, 6.45) is 0.824. The standard InChI is InChI=1S/C18H19N3O4/c19-18(13-5-2-1-3-6-13)21-25-12-17(22)20-14-7-8-15-16(11-14)24-10-4-9-23-15/h1-3,5-8,11H,4,9-10,12H2,(H2,19,21)(H,20,22). The topological polar surface area (TPSA) is 95.2 Å². The lowest BCUT2D eigenvalue weighted by Crippen LogP contribution is -2.19. The third-order valence-corrected chi connectivity index (χ3v) is 3.46. The molecule has 2 aromatic rings. The van der Waals surface area contributed by atoms with Crippen molar-refractivity contribution in [3.8, 4) is 11.5 Å². The Labute approximate surface area is 145 Å². The van der Waals surface area contributed by atoms with Crippen molar-refractivity contribution < 1.29 is 19.1 Å². The third kappa shape index (κ3) is 4.63. The lowest BCUT2D eigenvalue weighted by Gasteiger charge is -2.10. The molecule has 7 nitrogen and oxygen atoms in total. The van der Waals surface area contributed by atoms with Gasteiger partial charge in [-0.1, -0.05) is 35.5 Å². The molecule has 1 amide bonds. The van der Waals surface area contributed by atoms with Crippen LogP contribution in [-0.4, -0.2) is 31.6 Å². The molecule has 1 aliphatic heterocycles. The van der Waals surface area contributed by atoms with Gasteiger partial charge < -0.3 is 25.4 Å². The van der Waals surface area contributed by atoms with E-state index in [0.29, 0.717) is 30.4 Å². The Hall–Kier alpha value is -3.22. The number of nitrogens with one attached hydrogen (secondary N) is 1. The average Bonchev–Trinajstić information content (AvgIpc) is 2.87. The zero-order valence-corrected chi connectivity index (χ0v) is 13.6. The van der Waals surface area contributed by atoms with Crippen LogP contribution in [0.2, 0.25) is 0 Å². The van der Waals surface area contributed by atoms with Crippen LogP contribution in [0.25, 0.3) is 0 Å². The van der Waals surface area contributed by atoms with Crippen molar-refractivity contribution in [3.63, 3.8) is 0 Å². The molecule has 1 heterocycles. The molecule has 0 radical (unpaired) electrons. The van der Waals surface area contributed by atoms with Gasteiger partial charge in [-0.2, -0.15) is 0 Å². The van der Waals surface area contributed by atoms with Crippen molar-refractivity contribution >= 4 is 17.4 Å². The van der Waals surface area contributed by atoms with E-state index in [1.165, 1.54) is 0 Å². The zero-order valence-electron chi connectivity index (χ0n) is 13.6. The maximum absolute atomic E-state index is 11.9. The molecule has 0 saturated heterocycles. The molecule has 0 bridgehead atoms. The lowest BCUT2D eigenvalue weighted by molar-refractivity contribution is -0.120. The van der Waals surface area contributed by atoms with Crippen molar-refractivity contribution in [2.45, 2.75) is 6.42 Å².